The van der Waals surface area contributed by atoms with Crippen LogP contribution in [0.5, 0.6) is 5.75 Å². The number of hydrogen-bond acceptors (Lipinski definition) is 4. The molecule has 0 spiro atoms. The molecule has 0 unspecified atom stereocenters. The molecular formula is C15H23N2O2P. The van der Waals surface area contributed by atoms with Crippen molar-refractivity contribution in [3.8, 4) is 5.75 Å². The summed E-state index contributed by atoms with van der Waals surface area (Å²) in [6, 6.07) is 11.7. The molecule has 2 aromatic rings. The van der Waals surface area contributed by atoms with Crippen LogP contribution >= 0.6 is 8.69 Å². The molecule has 0 saturated carbocycles. The van der Waals surface area contributed by atoms with Crippen molar-refractivity contribution in [2.45, 2.75) is 13.8 Å². The largest absolute Gasteiger partial charge is 0.407 e. The van der Waals surface area contributed by atoms with Crippen molar-refractivity contribution >= 4 is 25.1 Å². The molecule has 0 atom stereocenters. The van der Waals surface area contributed by atoms with Gasteiger partial charge in [0.25, 0.3) is 0 Å². The van der Waals surface area contributed by atoms with Crippen molar-refractivity contribution in [3.05, 3.63) is 36.4 Å². The SMILES string of the molecule is CC.CN.CN(C)c1cccc2c(OP=O)cccc12. The van der Waals surface area contributed by atoms with E-state index in [2.05, 4.69) is 5.73 Å². The number of rotatable bonds is 3. The van der Waals surface area contributed by atoms with Crippen LogP contribution in [0.1, 0.15) is 13.8 Å². The van der Waals surface area contributed by atoms with E-state index < -0.39 is 0 Å². The third-order valence-corrected chi connectivity index (χ3v) is 2.75. The monoisotopic (exact) mass is 294 g/mol. The highest BCUT2D eigenvalue weighted by atomic mass is 31.1. The lowest BCUT2D eigenvalue weighted by Gasteiger charge is -2.15. The maximum atomic E-state index is 10.5. The second-order valence-corrected chi connectivity index (χ2v) is 4.02. The second-order valence-electron chi connectivity index (χ2n) is 3.69. The maximum absolute atomic E-state index is 10.5. The molecule has 0 aliphatic carbocycles. The normalized spacial score (nSPS) is 9.10. The van der Waals surface area contributed by atoms with Crippen LogP contribution in [-0.2, 0) is 4.57 Å². The summed E-state index contributed by atoms with van der Waals surface area (Å²) < 4.78 is 15.6. The van der Waals surface area contributed by atoms with Gasteiger partial charge in [-0.3, -0.25) is 0 Å². The molecule has 2 N–H and O–H groups in total. The smallest absolute Gasteiger partial charge is 0.395 e. The van der Waals surface area contributed by atoms with E-state index in [0.717, 1.165) is 16.5 Å². The first-order valence-electron chi connectivity index (χ1n) is 6.50. The van der Waals surface area contributed by atoms with Crippen LogP contribution in [0.4, 0.5) is 5.69 Å². The van der Waals surface area contributed by atoms with Crippen molar-refractivity contribution in [2.24, 2.45) is 5.73 Å². The highest BCUT2D eigenvalue weighted by Crippen LogP contribution is 2.33. The standard InChI is InChI=1S/C12H12NO2P.C2H6.CH5N/c1-13(2)11-7-3-6-10-9(11)5-4-8-12(10)15-16-14;2*1-2/h3-8H,1-2H3;1-2H3;2H2,1H3. The minimum Gasteiger partial charge on any atom is -0.407 e. The van der Waals surface area contributed by atoms with Gasteiger partial charge in [-0.15, -0.1) is 0 Å². The van der Waals surface area contributed by atoms with Crippen LogP contribution in [0.15, 0.2) is 36.4 Å². The predicted molar refractivity (Wildman–Crippen MR) is 88.0 cm³/mol. The summed E-state index contributed by atoms with van der Waals surface area (Å²) in [5.74, 6) is 0.637. The molecule has 0 aliphatic rings. The number of nitrogens with two attached hydrogens (primary N) is 1. The number of fused-ring (bicyclic) bond motifs is 1. The molecule has 2 aromatic carbocycles. The van der Waals surface area contributed by atoms with Crippen LogP contribution in [0.3, 0.4) is 0 Å². The topological polar surface area (TPSA) is 55.6 Å². The zero-order chi connectivity index (χ0) is 15.5. The summed E-state index contributed by atoms with van der Waals surface area (Å²) in [4.78, 5) is 2.04. The van der Waals surface area contributed by atoms with Gasteiger partial charge in [-0.2, -0.15) is 0 Å². The van der Waals surface area contributed by atoms with Crippen molar-refractivity contribution in [3.63, 3.8) is 0 Å². The van der Waals surface area contributed by atoms with E-state index in [1.807, 2.05) is 69.2 Å². The van der Waals surface area contributed by atoms with Crippen LogP contribution in [0, 0.1) is 0 Å². The lowest BCUT2D eigenvalue weighted by atomic mass is 10.1. The van der Waals surface area contributed by atoms with E-state index >= 15 is 0 Å². The average Bonchev–Trinajstić information content (AvgIpc) is 2.51. The Bertz CT molecular complexity index is 530. The highest BCUT2D eigenvalue weighted by Gasteiger charge is 2.06. The molecule has 2 rings (SSSR count). The highest BCUT2D eigenvalue weighted by molar-refractivity contribution is 7.17. The van der Waals surface area contributed by atoms with Crippen LogP contribution in [0.2, 0.25) is 0 Å². The summed E-state index contributed by atoms with van der Waals surface area (Å²) in [6.07, 6.45) is 0. The van der Waals surface area contributed by atoms with Gasteiger partial charge in [0.15, 0.2) is 0 Å². The first-order chi connectivity index (χ1) is 9.74. The Morgan fingerprint density at radius 2 is 1.55 bits per heavy atom. The van der Waals surface area contributed by atoms with Gasteiger partial charge in [0.1, 0.15) is 5.75 Å². The minimum absolute atomic E-state index is 0.327. The Morgan fingerprint density at radius 3 is 2.10 bits per heavy atom. The first kappa shape index (κ1) is 18.4. The molecule has 0 saturated heterocycles. The Balaban J connectivity index is 0.000000829. The predicted octanol–water partition coefficient (Wildman–Crippen LogP) is 4.09. The van der Waals surface area contributed by atoms with Crippen LogP contribution in [-0.4, -0.2) is 21.1 Å². The van der Waals surface area contributed by atoms with E-state index in [1.54, 1.807) is 0 Å². The molecule has 0 fully saturated rings. The van der Waals surface area contributed by atoms with Gasteiger partial charge >= 0.3 is 8.69 Å². The third-order valence-electron chi connectivity index (χ3n) is 2.48. The number of nitrogens with zero attached hydrogens (tertiary/aromatic N) is 1. The Morgan fingerprint density at radius 1 is 1.00 bits per heavy atom. The number of hydrogen-bond donors (Lipinski definition) is 1. The van der Waals surface area contributed by atoms with Gasteiger partial charge in [0, 0.05) is 30.6 Å². The summed E-state index contributed by atoms with van der Waals surface area (Å²) in [7, 11) is 5.16. The van der Waals surface area contributed by atoms with Crippen molar-refractivity contribution in [2.75, 3.05) is 26.0 Å². The summed E-state index contributed by atoms with van der Waals surface area (Å²) in [5.41, 5.74) is 5.62. The molecule has 5 heteroatoms. The quantitative estimate of drug-likeness (QED) is 0.866. The number of benzene rings is 2. The lowest BCUT2D eigenvalue weighted by Crippen LogP contribution is -2.08. The molecule has 20 heavy (non-hydrogen) atoms. The molecule has 110 valence electrons. The molecule has 0 bridgehead atoms. The van der Waals surface area contributed by atoms with Gasteiger partial charge in [-0.05, 0) is 19.2 Å². The molecule has 4 nitrogen and oxygen atoms in total. The van der Waals surface area contributed by atoms with Crippen molar-refractivity contribution < 1.29 is 9.09 Å². The van der Waals surface area contributed by atoms with Crippen LogP contribution < -0.4 is 15.2 Å². The number of anilines is 1. The average molecular weight is 294 g/mol. The van der Waals surface area contributed by atoms with Gasteiger partial charge in [-0.25, -0.2) is 4.57 Å². The molecule has 0 aromatic heterocycles. The van der Waals surface area contributed by atoms with E-state index in [1.165, 1.54) is 7.05 Å². The van der Waals surface area contributed by atoms with Crippen molar-refractivity contribution in [1.29, 1.82) is 0 Å². The molecular weight excluding hydrogens is 271 g/mol. The fourth-order valence-corrected chi connectivity index (χ4v) is 2.01. The molecule has 0 aliphatic heterocycles. The summed E-state index contributed by atoms with van der Waals surface area (Å²) >= 11 is 0. The van der Waals surface area contributed by atoms with Gasteiger partial charge in [0.2, 0.25) is 0 Å². The van der Waals surface area contributed by atoms with Gasteiger partial charge < -0.3 is 15.2 Å². The second kappa shape index (κ2) is 10.2. The zero-order valence-electron chi connectivity index (χ0n) is 12.8. The van der Waals surface area contributed by atoms with E-state index in [-0.39, 0.29) is 8.69 Å². The minimum atomic E-state index is -0.327. The fourth-order valence-electron chi connectivity index (χ4n) is 1.77. The van der Waals surface area contributed by atoms with E-state index in [0.29, 0.717) is 5.75 Å². The summed E-state index contributed by atoms with van der Waals surface area (Å²) in [5, 5.41) is 2.06. The third kappa shape index (κ3) is 4.48. The Kier molecular flexibility index (Phi) is 9.35. The van der Waals surface area contributed by atoms with Gasteiger partial charge in [0.05, 0.1) is 0 Å². The first-order valence-corrected chi connectivity index (χ1v) is 7.23. The zero-order valence-corrected chi connectivity index (χ0v) is 13.6. The molecule has 0 heterocycles. The molecule has 0 radical (unpaired) electrons. The van der Waals surface area contributed by atoms with E-state index in [4.69, 9.17) is 4.52 Å². The lowest BCUT2D eigenvalue weighted by molar-refractivity contribution is 0.528. The van der Waals surface area contributed by atoms with E-state index in [9.17, 15) is 4.57 Å². The fraction of sp³-hybridized carbons (Fsp3) is 0.333. The van der Waals surface area contributed by atoms with Gasteiger partial charge in [-0.1, -0.05) is 38.1 Å². The Hall–Kier alpha value is -1.64. The van der Waals surface area contributed by atoms with Crippen molar-refractivity contribution in [1.82, 2.24) is 0 Å². The molecule has 0 amide bonds. The Labute approximate surface area is 122 Å². The van der Waals surface area contributed by atoms with Crippen LogP contribution in [0.25, 0.3) is 10.8 Å². The summed E-state index contributed by atoms with van der Waals surface area (Å²) in [6.45, 7) is 4.00. The maximum Gasteiger partial charge on any atom is 0.395 e.